The first kappa shape index (κ1) is 16.3. The Hall–Kier alpha value is -2.53. The molecule has 5 heteroatoms. The molecule has 24 heavy (non-hydrogen) atoms. The van der Waals surface area contributed by atoms with E-state index in [0.717, 1.165) is 43.1 Å². The number of carbonyl (C=O) groups is 1. The van der Waals surface area contributed by atoms with Crippen molar-refractivity contribution in [2.45, 2.75) is 6.92 Å². The van der Waals surface area contributed by atoms with Gasteiger partial charge in [-0.1, -0.05) is 18.2 Å². The SMILES string of the molecule is Cc1cc(N2CCN(C)CC2)ccc1NC(=O)Nc1ccccc1. The van der Waals surface area contributed by atoms with Gasteiger partial charge in [0.1, 0.15) is 0 Å². The number of benzene rings is 2. The highest BCUT2D eigenvalue weighted by Crippen LogP contribution is 2.23. The molecule has 0 radical (unpaired) electrons. The summed E-state index contributed by atoms with van der Waals surface area (Å²) in [5.41, 5.74) is 3.90. The van der Waals surface area contributed by atoms with Gasteiger partial charge in [-0.3, -0.25) is 0 Å². The predicted molar refractivity (Wildman–Crippen MR) is 100.0 cm³/mol. The van der Waals surface area contributed by atoms with Crippen molar-refractivity contribution in [1.29, 1.82) is 0 Å². The number of amides is 2. The van der Waals surface area contributed by atoms with Crippen LogP contribution in [0.25, 0.3) is 0 Å². The van der Waals surface area contributed by atoms with E-state index in [1.165, 1.54) is 5.69 Å². The van der Waals surface area contributed by atoms with Gasteiger partial charge in [-0.05, 0) is 49.9 Å². The van der Waals surface area contributed by atoms with E-state index >= 15 is 0 Å². The number of nitrogens with zero attached hydrogens (tertiary/aromatic N) is 2. The zero-order valence-corrected chi connectivity index (χ0v) is 14.2. The van der Waals surface area contributed by atoms with E-state index in [9.17, 15) is 4.79 Å². The van der Waals surface area contributed by atoms with Crippen molar-refractivity contribution in [2.24, 2.45) is 0 Å². The summed E-state index contributed by atoms with van der Waals surface area (Å²) in [6.07, 6.45) is 0. The summed E-state index contributed by atoms with van der Waals surface area (Å²) in [5, 5.41) is 5.75. The lowest BCUT2D eigenvalue weighted by Crippen LogP contribution is -2.44. The lowest BCUT2D eigenvalue weighted by atomic mass is 10.1. The highest BCUT2D eigenvalue weighted by molar-refractivity contribution is 6.00. The molecule has 0 bridgehead atoms. The van der Waals surface area contributed by atoms with Crippen molar-refractivity contribution in [3.05, 3.63) is 54.1 Å². The van der Waals surface area contributed by atoms with Crippen molar-refractivity contribution in [3.63, 3.8) is 0 Å². The topological polar surface area (TPSA) is 47.6 Å². The van der Waals surface area contributed by atoms with Gasteiger partial charge in [0.15, 0.2) is 0 Å². The molecule has 0 unspecified atom stereocenters. The van der Waals surface area contributed by atoms with Crippen molar-refractivity contribution < 1.29 is 4.79 Å². The summed E-state index contributed by atoms with van der Waals surface area (Å²) in [5.74, 6) is 0. The van der Waals surface area contributed by atoms with Gasteiger partial charge in [-0.2, -0.15) is 0 Å². The first-order chi connectivity index (χ1) is 11.6. The third-order valence-electron chi connectivity index (χ3n) is 4.36. The number of hydrogen-bond acceptors (Lipinski definition) is 3. The van der Waals surface area contributed by atoms with Crippen LogP contribution in [-0.2, 0) is 0 Å². The predicted octanol–water partition coefficient (Wildman–Crippen LogP) is 3.39. The molecular weight excluding hydrogens is 300 g/mol. The van der Waals surface area contributed by atoms with E-state index in [2.05, 4.69) is 39.6 Å². The fourth-order valence-corrected chi connectivity index (χ4v) is 2.86. The molecule has 0 saturated carbocycles. The second-order valence-corrected chi connectivity index (χ2v) is 6.23. The van der Waals surface area contributed by atoms with Gasteiger partial charge in [0.05, 0.1) is 0 Å². The number of likely N-dealkylation sites (N-methyl/N-ethyl adjacent to an activating group) is 1. The summed E-state index contributed by atoms with van der Waals surface area (Å²) in [7, 11) is 2.15. The van der Waals surface area contributed by atoms with E-state index in [4.69, 9.17) is 0 Å². The molecule has 2 aromatic rings. The fourth-order valence-electron chi connectivity index (χ4n) is 2.86. The summed E-state index contributed by atoms with van der Waals surface area (Å²) in [6, 6.07) is 15.4. The van der Waals surface area contributed by atoms with E-state index in [-0.39, 0.29) is 6.03 Å². The lowest BCUT2D eigenvalue weighted by Gasteiger charge is -2.34. The van der Waals surface area contributed by atoms with E-state index < -0.39 is 0 Å². The second-order valence-electron chi connectivity index (χ2n) is 6.23. The zero-order valence-electron chi connectivity index (χ0n) is 14.2. The van der Waals surface area contributed by atoms with Crippen LogP contribution in [0.2, 0.25) is 0 Å². The first-order valence-electron chi connectivity index (χ1n) is 8.29. The van der Waals surface area contributed by atoms with Gasteiger partial charge in [-0.25, -0.2) is 4.79 Å². The lowest BCUT2D eigenvalue weighted by molar-refractivity contribution is 0.262. The Morgan fingerprint density at radius 3 is 2.33 bits per heavy atom. The molecule has 1 saturated heterocycles. The normalized spacial score (nSPS) is 15.2. The van der Waals surface area contributed by atoms with Crippen LogP contribution in [0.1, 0.15) is 5.56 Å². The Bertz CT molecular complexity index is 694. The third kappa shape index (κ3) is 4.06. The quantitative estimate of drug-likeness (QED) is 0.910. The Balaban J connectivity index is 1.63. The van der Waals surface area contributed by atoms with Crippen molar-refractivity contribution in [2.75, 3.05) is 48.8 Å². The molecule has 2 amide bonds. The Morgan fingerprint density at radius 1 is 0.958 bits per heavy atom. The maximum Gasteiger partial charge on any atom is 0.323 e. The van der Waals surface area contributed by atoms with Crippen LogP contribution in [0, 0.1) is 6.92 Å². The molecule has 2 aromatic carbocycles. The van der Waals surface area contributed by atoms with Crippen LogP contribution in [0.4, 0.5) is 21.9 Å². The van der Waals surface area contributed by atoms with E-state index in [1.54, 1.807) is 0 Å². The van der Waals surface area contributed by atoms with Crippen LogP contribution < -0.4 is 15.5 Å². The number of rotatable bonds is 3. The van der Waals surface area contributed by atoms with Gasteiger partial charge in [0.25, 0.3) is 0 Å². The van der Waals surface area contributed by atoms with Crippen LogP contribution in [0.15, 0.2) is 48.5 Å². The summed E-state index contributed by atoms with van der Waals surface area (Å²) in [4.78, 5) is 16.8. The van der Waals surface area contributed by atoms with Gasteiger partial charge < -0.3 is 20.4 Å². The molecule has 126 valence electrons. The van der Waals surface area contributed by atoms with Crippen molar-refractivity contribution in [1.82, 2.24) is 4.90 Å². The van der Waals surface area contributed by atoms with Gasteiger partial charge in [0, 0.05) is 43.2 Å². The average molecular weight is 324 g/mol. The highest BCUT2D eigenvalue weighted by Gasteiger charge is 2.15. The Kier molecular flexibility index (Phi) is 5.01. The molecule has 0 atom stereocenters. The number of hydrogen-bond donors (Lipinski definition) is 2. The number of anilines is 3. The molecular formula is C19H24N4O. The molecule has 2 N–H and O–H groups in total. The minimum Gasteiger partial charge on any atom is -0.369 e. The number of para-hydroxylation sites is 1. The number of nitrogens with one attached hydrogen (secondary N) is 2. The maximum atomic E-state index is 12.1. The molecule has 1 heterocycles. The van der Waals surface area contributed by atoms with Crippen molar-refractivity contribution >= 4 is 23.1 Å². The first-order valence-corrected chi connectivity index (χ1v) is 8.29. The molecule has 0 spiro atoms. The van der Waals surface area contributed by atoms with Crippen LogP contribution in [0.3, 0.4) is 0 Å². The van der Waals surface area contributed by atoms with Crippen LogP contribution >= 0.6 is 0 Å². The fraction of sp³-hybridized carbons (Fsp3) is 0.316. The number of carbonyl (C=O) groups excluding carboxylic acids is 1. The van der Waals surface area contributed by atoms with E-state index in [0.29, 0.717) is 0 Å². The number of urea groups is 1. The number of piperazine rings is 1. The molecule has 0 aromatic heterocycles. The Labute approximate surface area is 143 Å². The zero-order chi connectivity index (χ0) is 16.9. The third-order valence-corrected chi connectivity index (χ3v) is 4.36. The maximum absolute atomic E-state index is 12.1. The monoisotopic (exact) mass is 324 g/mol. The Morgan fingerprint density at radius 2 is 1.67 bits per heavy atom. The smallest absolute Gasteiger partial charge is 0.323 e. The molecule has 0 aliphatic carbocycles. The molecule has 1 aliphatic rings. The highest BCUT2D eigenvalue weighted by atomic mass is 16.2. The standard InChI is InChI=1S/C19H24N4O/c1-15-14-17(23-12-10-22(2)11-13-23)8-9-18(15)21-19(24)20-16-6-4-3-5-7-16/h3-9,14H,10-13H2,1-2H3,(H2,20,21,24). The summed E-state index contributed by atoms with van der Waals surface area (Å²) in [6.45, 7) is 6.27. The number of aryl methyl sites for hydroxylation is 1. The van der Waals surface area contributed by atoms with E-state index in [1.807, 2.05) is 43.3 Å². The second kappa shape index (κ2) is 7.36. The summed E-state index contributed by atoms with van der Waals surface area (Å²) < 4.78 is 0. The molecule has 5 nitrogen and oxygen atoms in total. The molecule has 1 fully saturated rings. The summed E-state index contributed by atoms with van der Waals surface area (Å²) >= 11 is 0. The van der Waals surface area contributed by atoms with Gasteiger partial charge in [-0.15, -0.1) is 0 Å². The largest absolute Gasteiger partial charge is 0.369 e. The molecule has 1 aliphatic heterocycles. The molecule has 3 rings (SSSR count). The van der Waals surface area contributed by atoms with Gasteiger partial charge >= 0.3 is 6.03 Å². The van der Waals surface area contributed by atoms with Gasteiger partial charge in [0.2, 0.25) is 0 Å². The minimum atomic E-state index is -0.225. The van der Waals surface area contributed by atoms with Crippen molar-refractivity contribution in [3.8, 4) is 0 Å². The minimum absolute atomic E-state index is 0.225. The average Bonchev–Trinajstić information content (AvgIpc) is 2.58. The van der Waals surface area contributed by atoms with Crippen LogP contribution in [-0.4, -0.2) is 44.2 Å². The van der Waals surface area contributed by atoms with Crippen LogP contribution in [0.5, 0.6) is 0 Å².